The minimum absolute atomic E-state index is 0.0196. The van der Waals surface area contributed by atoms with E-state index in [9.17, 15) is 4.79 Å². The third-order valence-electron chi connectivity index (χ3n) is 3.11. The lowest BCUT2D eigenvalue weighted by molar-refractivity contribution is -0.684. The highest BCUT2D eigenvalue weighted by Gasteiger charge is 2.14. The minimum atomic E-state index is -0.0196. The molecule has 1 heterocycles. The second-order valence-corrected chi connectivity index (χ2v) is 5.67. The van der Waals surface area contributed by atoms with Gasteiger partial charge >= 0.3 is 0 Å². The monoisotopic (exact) mass is 337 g/mol. The maximum absolute atomic E-state index is 11.9. The first-order chi connectivity index (χ1) is 9.56. The second-order valence-electron chi connectivity index (χ2n) is 4.75. The lowest BCUT2D eigenvalue weighted by atomic mass is 10.2. The molecule has 1 aromatic heterocycles. The van der Waals surface area contributed by atoms with Gasteiger partial charge in [0.25, 0.3) is 5.91 Å². The van der Waals surface area contributed by atoms with Crippen molar-refractivity contribution in [2.24, 2.45) is 0 Å². The first-order valence-electron chi connectivity index (χ1n) is 6.49. The molecule has 0 saturated carbocycles. The molecule has 0 unspecified atom stereocenters. The van der Waals surface area contributed by atoms with Crippen molar-refractivity contribution < 1.29 is 14.5 Å². The zero-order valence-corrected chi connectivity index (χ0v) is 13.1. The van der Waals surface area contributed by atoms with Crippen molar-refractivity contribution in [3.05, 3.63) is 52.4 Å². The number of nitrogens with one attached hydrogen (secondary N) is 1. The van der Waals surface area contributed by atoms with Gasteiger partial charge in [0.15, 0.2) is 12.3 Å². The molecule has 106 valence electrons. The van der Waals surface area contributed by atoms with Crippen molar-refractivity contribution in [2.75, 3.05) is 11.9 Å². The summed E-state index contributed by atoms with van der Waals surface area (Å²) in [6, 6.07) is 9.68. The predicted molar refractivity (Wildman–Crippen MR) is 81.4 cm³/mol. The molecule has 0 aliphatic rings. The van der Waals surface area contributed by atoms with Crippen LogP contribution < -0.4 is 10.6 Å². The topological polar surface area (TPSA) is 58.9 Å². The normalized spacial score (nSPS) is 12.2. The van der Waals surface area contributed by atoms with Gasteiger partial charge in [-0.2, -0.15) is 0 Å². The predicted octanol–water partition coefficient (Wildman–Crippen LogP) is 2.61. The molecule has 0 fully saturated rings. The molecular weight excluding hydrogens is 320 g/mol. The van der Waals surface area contributed by atoms with Gasteiger partial charge in [-0.25, -0.2) is 0 Å². The van der Waals surface area contributed by atoms with Crippen LogP contribution in [-0.2, 0) is 4.79 Å². The number of benzene rings is 1. The van der Waals surface area contributed by atoms with E-state index in [1.54, 1.807) is 6.26 Å². The van der Waals surface area contributed by atoms with Crippen molar-refractivity contribution in [2.45, 2.75) is 19.9 Å². The fourth-order valence-corrected chi connectivity index (χ4v) is 2.39. The van der Waals surface area contributed by atoms with Crippen LogP contribution in [0.25, 0.3) is 0 Å². The SMILES string of the molecule is Cc1cc(Br)ccc1NC(=O)C[NH2+][C@H](C)c1ccco1. The summed E-state index contributed by atoms with van der Waals surface area (Å²) in [4.78, 5) is 11.9. The third kappa shape index (κ3) is 3.95. The number of amides is 1. The van der Waals surface area contributed by atoms with Gasteiger partial charge < -0.3 is 15.1 Å². The number of quaternary nitrogens is 1. The van der Waals surface area contributed by atoms with Gasteiger partial charge in [-0.3, -0.25) is 4.79 Å². The molecule has 1 atom stereocenters. The molecule has 20 heavy (non-hydrogen) atoms. The molecule has 0 spiro atoms. The van der Waals surface area contributed by atoms with E-state index in [0.29, 0.717) is 6.54 Å². The van der Waals surface area contributed by atoms with Gasteiger partial charge in [0.05, 0.1) is 6.26 Å². The first-order valence-corrected chi connectivity index (χ1v) is 7.28. The van der Waals surface area contributed by atoms with E-state index >= 15 is 0 Å². The van der Waals surface area contributed by atoms with E-state index in [4.69, 9.17) is 4.42 Å². The Morgan fingerprint density at radius 3 is 2.90 bits per heavy atom. The van der Waals surface area contributed by atoms with Crippen molar-refractivity contribution in [3.8, 4) is 0 Å². The molecule has 0 aliphatic carbocycles. The van der Waals surface area contributed by atoms with Crippen LogP contribution in [0, 0.1) is 6.92 Å². The average Bonchev–Trinajstić information content (AvgIpc) is 2.93. The van der Waals surface area contributed by atoms with E-state index in [1.807, 2.05) is 49.5 Å². The number of hydrogen-bond donors (Lipinski definition) is 2. The van der Waals surface area contributed by atoms with Crippen LogP contribution in [0.1, 0.15) is 24.3 Å². The summed E-state index contributed by atoms with van der Waals surface area (Å²) in [5.41, 5.74) is 1.88. The molecule has 2 aromatic rings. The van der Waals surface area contributed by atoms with Crippen molar-refractivity contribution >= 4 is 27.5 Å². The van der Waals surface area contributed by atoms with Crippen LogP contribution in [0.15, 0.2) is 45.5 Å². The Morgan fingerprint density at radius 1 is 1.45 bits per heavy atom. The molecule has 1 aromatic carbocycles. The van der Waals surface area contributed by atoms with Crippen LogP contribution in [0.3, 0.4) is 0 Å². The van der Waals surface area contributed by atoms with Gasteiger partial charge in [-0.15, -0.1) is 0 Å². The number of carbonyl (C=O) groups is 1. The van der Waals surface area contributed by atoms with Gasteiger partial charge in [-0.1, -0.05) is 15.9 Å². The maximum atomic E-state index is 11.9. The number of furan rings is 1. The van der Waals surface area contributed by atoms with Gasteiger partial charge in [-0.05, 0) is 49.7 Å². The zero-order chi connectivity index (χ0) is 14.5. The summed E-state index contributed by atoms with van der Waals surface area (Å²) in [7, 11) is 0. The summed E-state index contributed by atoms with van der Waals surface area (Å²) in [6.07, 6.45) is 1.64. The Morgan fingerprint density at radius 2 is 2.25 bits per heavy atom. The number of anilines is 1. The van der Waals surface area contributed by atoms with Crippen LogP contribution >= 0.6 is 15.9 Å². The number of halogens is 1. The van der Waals surface area contributed by atoms with E-state index in [0.717, 1.165) is 21.5 Å². The van der Waals surface area contributed by atoms with E-state index < -0.39 is 0 Å². The molecule has 0 bridgehead atoms. The average molecular weight is 338 g/mol. The fourth-order valence-electron chi connectivity index (χ4n) is 1.92. The number of carbonyl (C=O) groups excluding carboxylic acids is 1. The lowest BCUT2D eigenvalue weighted by Gasteiger charge is -2.10. The Labute approximate surface area is 126 Å². The maximum Gasteiger partial charge on any atom is 0.279 e. The number of rotatable bonds is 5. The van der Waals surface area contributed by atoms with Gasteiger partial charge in [0, 0.05) is 10.2 Å². The zero-order valence-electron chi connectivity index (χ0n) is 11.5. The van der Waals surface area contributed by atoms with Crippen LogP contribution in [0.5, 0.6) is 0 Å². The van der Waals surface area contributed by atoms with Crippen LogP contribution in [0.2, 0.25) is 0 Å². The minimum Gasteiger partial charge on any atom is -0.463 e. The Bertz CT molecular complexity index is 582. The Hall–Kier alpha value is -1.59. The first kappa shape index (κ1) is 14.8. The standard InChI is InChI=1S/C15H17BrN2O2/c1-10-8-12(16)5-6-13(10)18-15(19)9-17-11(2)14-4-3-7-20-14/h3-8,11,17H,9H2,1-2H3,(H,18,19)/p+1/t11-/m1/s1. The highest BCUT2D eigenvalue weighted by Crippen LogP contribution is 2.19. The van der Waals surface area contributed by atoms with Crippen LogP contribution in [0.4, 0.5) is 5.69 Å². The molecule has 4 nitrogen and oxygen atoms in total. The highest BCUT2D eigenvalue weighted by atomic mass is 79.9. The van der Waals surface area contributed by atoms with Crippen molar-refractivity contribution in [1.29, 1.82) is 0 Å². The van der Waals surface area contributed by atoms with E-state index in [2.05, 4.69) is 21.2 Å². The number of nitrogens with two attached hydrogens (primary N) is 1. The van der Waals surface area contributed by atoms with E-state index in [1.165, 1.54) is 0 Å². The number of aryl methyl sites for hydroxylation is 1. The smallest absolute Gasteiger partial charge is 0.279 e. The van der Waals surface area contributed by atoms with Crippen molar-refractivity contribution in [3.63, 3.8) is 0 Å². The van der Waals surface area contributed by atoms with E-state index in [-0.39, 0.29) is 11.9 Å². The van der Waals surface area contributed by atoms with Gasteiger partial charge in [0.1, 0.15) is 6.04 Å². The summed E-state index contributed by atoms with van der Waals surface area (Å²) >= 11 is 3.41. The lowest BCUT2D eigenvalue weighted by Crippen LogP contribution is -2.86. The summed E-state index contributed by atoms with van der Waals surface area (Å²) < 4.78 is 6.32. The molecule has 0 saturated heterocycles. The summed E-state index contributed by atoms with van der Waals surface area (Å²) in [5, 5.41) is 4.86. The summed E-state index contributed by atoms with van der Waals surface area (Å²) in [6.45, 7) is 4.34. The second kappa shape index (κ2) is 6.72. The van der Waals surface area contributed by atoms with Crippen molar-refractivity contribution in [1.82, 2.24) is 0 Å². The fraction of sp³-hybridized carbons (Fsp3) is 0.267. The molecule has 2 rings (SSSR count). The molecule has 0 radical (unpaired) electrons. The van der Waals surface area contributed by atoms with Crippen LogP contribution in [-0.4, -0.2) is 12.5 Å². The Balaban J connectivity index is 1.86. The van der Waals surface area contributed by atoms with Gasteiger partial charge in [0.2, 0.25) is 0 Å². The molecular formula is C15H18BrN2O2+. The Kier molecular flexibility index (Phi) is 4.98. The third-order valence-corrected chi connectivity index (χ3v) is 3.60. The largest absolute Gasteiger partial charge is 0.463 e. The quantitative estimate of drug-likeness (QED) is 0.880. The highest BCUT2D eigenvalue weighted by molar-refractivity contribution is 9.10. The molecule has 5 heteroatoms. The molecule has 1 amide bonds. The molecule has 0 aliphatic heterocycles. The molecule has 3 N–H and O–H groups in total. The number of hydrogen-bond acceptors (Lipinski definition) is 2. The summed E-state index contributed by atoms with van der Waals surface area (Å²) in [5.74, 6) is 0.853.